The molecule has 3 heterocycles. The minimum Gasteiger partial charge on any atom is -0.497 e. The summed E-state index contributed by atoms with van der Waals surface area (Å²) in [4.78, 5) is 66.1. The van der Waals surface area contributed by atoms with Gasteiger partial charge in [-0.15, -0.1) is 6.58 Å². The lowest BCUT2D eigenvalue weighted by molar-refractivity contribution is -0.149. The second-order valence-electron chi connectivity index (χ2n) is 18.1. The molecule has 2 saturated carbocycles. The molecule has 7 atom stereocenters. The first kappa shape index (κ1) is 44.0. The average molecular weight is 858 g/mol. The lowest BCUT2D eigenvalue weighted by Gasteiger charge is -2.37. The fourth-order valence-corrected chi connectivity index (χ4v) is 10.5. The number of fused-ring (bicyclic) bond motifs is 1. The number of nitrogens with zero attached hydrogens (tertiary/aromatic N) is 3. The van der Waals surface area contributed by atoms with Crippen LogP contribution in [0.4, 0.5) is 0 Å². The fourth-order valence-electron chi connectivity index (χ4n) is 9.10. The van der Waals surface area contributed by atoms with Gasteiger partial charge in [-0.05, 0) is 56.1 Å². The third kappa shape index (κ3) is 9.13. The molecule has 0 spiro atoms. The fraction of sp³-hybridized carbons (Fsp3) is 0.543. The van der Waals surface area contributed by atoms with Crippen molar-refractivity contribution in [3.05, 3.63) is 67.3 Å². The molecule has 2 saturated heterocycles. The third-order valence-electron chi connectivity index (χ3n) is 12.9. The van der Waals surface area contributed by atoms with E-state index in [9.17, 15) is 22.8 Å². The zero-order valence-electron chi connectivity index (χ0n) is 36.0. The molecule has 2 aromatic carbocycles. The third-order valence-corrected chi connectivity index (χ3v) is 14.7. The molecule has 4 amide bonds. The first-order valence-corrected chi connectivity index (χ1v) is 22.9. The van der Waals surface area contributed by atoms with Gasteiger partial charge >= 0.3 is 0 Å². The number of hydrogen-bond donors (Lipinski definition) is 2. The minimum absolute atomic E-state index is 0.00603. The Morgan fingerprint density at radius 1 is 1.02 bits per heavy atom. The summed E-state index contributed by atoms with van der Waals surface area (Å²) in [6.45, 7) is 12.0. The van der Waals surface area contributed by atoms with Crippen molar-refractivity contribution in [2.24, 2.45) is 17.3 Å². The van der Waals surface area contributed by atoms with E-state index in [2.05, 4.69) is 23.5 Å². The van der Waals surface area contributed by atoms with Crippen molar-refractivity contribution in [2.45, 2.75) is 114 Å². The quantitative estimate of drug-likeness (QED) is 0.178. The Balaban J connectivity index is 1.22. The number of nitrogens with one attached hydrogen (secondary N) is 2. The number of rotatable bonds is 16. The van der Waals surface area contributed by atoms with E-state index < -0.39 is 62.0 Å². The van der Waals surface area contributed by atoms with Crippen LogP contribution < -0.4 is 19.5 Å². The Labute approximate surface area is 358 Å². The summed E-state index contributed by atoms with van der Waals surface area (Å²) in [5, 5.41) is 2.94. The second kappa shape index (κ2) is 17.4. The highest BCUT2D eigenvalue weighted by Gasteiger charge is 2.62. The number of carbonyl (C=O) groups excluding carboxylic acids is 4. The van der Waals surface area contributed by atoms with Gasteiger partial charge in [-0.3, -0.25) is 23.9 Å². The number of benzene rings is 2. The van der Waals surface area contributed by atoms with Crippen LogP contribution in [0.25, 0.3) is 22.2 Å². The van der Waals surface area contributed by atoms with Crippen LogP contribution in [0.1, 0.15) is 79.1 Å². The van der Waals surface area contributed by atoms with E-state index in [4.69, 9.17) is 19.2 Å². The molecule has 15 heteroatoms. The molecular weight excluding hydrogens is 799 g/mol. The Hall–Kier alpha value is -5.02. The first-order chi connectivity index (χ1) is 29.0. The number of sulfonamides is 1. The normalized spacial score (nSPS) is 25.5. The van der Waals surface area contributed by atoms with Gasteiger partial charge in [0.15, 0.2) is 0 Å². The SMILES string of the molecule is C=CC1C[C@]1(NC(=O)[C@@H]1C[C@@H](Oc2cc(-c3ccccc3)nc3cc(OC)ccc23)CN1C(=O)[C@@H](CC(=O)N1C(CC)CCC1COC)C(C)(C)C)C(=O)NS(=O)(=O)C1CC1. The number of pyridine rings is 1. The second-order valence-corrected chi connectivity index (χ2v) is 20.1. The van der Waals surface area contributed by atoms with Crippen molar-refractivity contribution in [1.29, 1.82) is 0 Å². The molecule has 328 valence electrons. The number of carbonyl (C=O) groups is 4. The molecule has 4 fully saturated rings. The van der Waals surface area contributed by atoms with Gasteiger partial charge in [-0.1, -0.05) is 64.1 Å². The van der Waals surface area contributed by atoms with Crippen LogP contribution in [0.5, 0.6) is 11.5 Å². The molecule has 2 aliphatic heterocycles. The molecule has 3 aromatic rings. The van der Waals surface area contributed by atoms with E-state index in [1.54, 1.807) is 14.2 Å². The standard InChI is InChI=1S/C46H59N5O9S/c1-8-29-25-46(29,44(55)49-61(56,57)34-18-19-34)48-42(53)39-22-33(60-40-24-37(28-13-11-10-12-14-28)47-38-21-32(59-7)17-20-35(38)40)26-50(39)43(54)36(45(3,4)5)23-41(52)51-30(9-2)15-16-31(51)27-58-6/h8,10-14,17,20-21,24,29-31,33-34,36,39H,1,9,15-16,18-19,22-23,25-27H2,2-7H3,(H,48,53)(H,49,55)/t29?,30?,31?,33-,36-,39+,46-/m1/s1. The lowest BCUT2D eigenvalue weighted by Crippen LogP contribution is -2.57. The Morgan fingerprint density at radius 3 is 2.36 bits per heavy atom. The smallest absolute Gasteiger partial charge is 0.259 e. The summed E-state index contributed by atoms with van der Waals surface area (Å²) in [6.07, 6.45) is 4.32. The average Bonchev–Trinajstić information content (AvgIpc) is 4.14. The zero-order chi connectivity index (χ0) is 43.9. The number of hydrogen-bond acceptors (Lipinski definition) is 10. The van der Waals surface area contributed by atoms with Gasteiger partial charge in [-0.25, -0.2) is 13.4 Å². The summed E-state index contributed by atoms with van der Waals surface area (Å²) in [5.74, 6) is -2.21. The highest BCUT2D eigenvalue weighted by atomic mass is 32.2. The van der Waals surface area contributed by atoms with Crippen molar-refractivity contribution in [3.8, 4) is 22.8 Å². The van der Waals surface area contributed by atoms with Crippen LogP contribution >= 0.6 is 0 Å². The number of ether oxygens (including phenoxy) is 3. The van der Waals surface area contributed by atoms with E-state index >= 15 is 4.79 Å². The van der Waals surface area contributed by atoms with Crippen LogP contribution in [0.3, 0.4) is 0 Å². The van der Waals surface area contributed by atoms with E-state index in [-0.39, 0.29) is 49.7 Å². The number of methoxy groups -OCH3 is 2. The molecule has 61 heavy (non-hydrogen) atoms. The van der Waals surface area contributed by atoms with E-state index in [0.29, 0.717) is 47.5 Å². The van der Waals surface area contributed by atoms with Gasteiger partial charge in [0, 0.05) is 55.0 Å². The lowest BCUT2D eigenvalue weighted by atomic mass is 9.77. The molecule has 14 nitrogen and oxygen atoms in total. The Kier molecular flexibility index (Phi) is 12.6. The molecule has 0 radical (unpaired) electrons. The maximum Gasteiger partial charge on any atom is 0.259 e. The van der Waals surface area contributed by atoms with Crippen molar-refractivity contribution in [3.63, 3.8) is 0 Å². The van der Waals surface area contributed by atoms with Gasteiger partial charge in [-0.2, -0.15) is 0 Å². The molecule has 1 aromatic heterocycles. The summed E-state index contributed by atoms with van der Waals surface area (Å²) in [6, 6.07) is 15.8. The maximum absolute atomic E-state index is 15.1. The van der Waals surface area contributed by atoms with Crippen molar-refractivity contribution >= 4 is 44.6 Å². The highest BCUT2D eigenvalue weighted by Crippen LogP contribution is 2.46. The van der Waals surface area contributed by atoms with Crippen LogP contribution in [-0.2, 0) is 33.9 Å². The monoisotopic (exact) mass is 857 g/mol. The maximum atomic E-state index is 15.1. The van der Waals surface area contributed by atoms with E-state index in [0.717, 1.165) is 24.8 Å². The highest BCUT2D eigenvalue weighted by molar-refractivity contribution is 7.91. The van der Waals surface area contributed by atoms with E-state index in [1.807, 2.05) is 80.3 Å². The first-order valence-electron chi connectivity index (χ1n) is 21.4. The van der Waals surface area contributed by atoms with Crippen LogP contribution in [-0.4, -0.2) is 109 Å². The number of aromatic nitrogens is 1. The summed E-state index contributed by atoms with van der Waals surface area (Å²) >= 11 is 0. The predicted octanol–water partition coefficient (Wildman–Crippen LogP) is 5.40. The molecule has 2 aliphatic carbocycles. The zero-order valence-corrected chi connectivity index (χ0v) is 36.8. The number of amides is 4. The molecule has 4 aliphatic rings. The van der Waals surface area contributed by atoms with Gasteiger partial charge in [0.1, 0.15) is 29.2 Å². The van der Waals surface area contributed by atoms with Gasteiger partial charge in [0.25, 0.3) is 5.91 Å². The van der Waals surface area contributed by atoms with Gasteiger partial charge < -0.3 is 29.3 Å². The van der Waals surface area contributed by atoms with Crippen molar-refractivity contribution in [1.82, 2.24) is 24.8 Å². The topological polar surface area (TPSA) is 174 Å². The van der Waals surface area contributed by atoms with Crippen molar-refractivity contribution < 1.29 is 41.8 Å². The molecule has 0 bridgehead atoms. The Bertz CT molecular complexity index is 2280. The predicted molar refractivity (Wildman–Crippen MR) is 231 cm³/mol. The van der Waals surface area contributed by atoms with Crippen molar-refractivity contribution in [2.75, 3.05) is 27.4 Å². The molecular formula is C46H59N5O9S. The summed E-state index contributed by atoms with van der Waals surface area (Å²) < 4.78 is 45.8. The summed E-state index contributed by atoms with van der Waals surface area (Å²) in [5.41, 5.74) is -0.113. The Morgan fingerprint density at radius 2 is 1.74 bits per heavy atom. The molecule has 7 rings (SSSR count). The molecule has 2 N–H and O–H groups in total. The van der Waals surface area contributed by atoms with Gasteiger partial charge in [0.05, 0.1) is 48.7 Å². The largest absolute Gasteiger partial charge is 0.497 e. The summed E-state index contributed by atoms with van der Waals surface area (Å²) in [7, 11) is -0.717. The molecule has 3 unspecified atom stereocenters. The van der Waals surface area contributed by atoms with Crippen LogP contribution in [0, 0.1) is 17.3 Å². The number of likely N-dealkylation sites (tertiary alicyclic amines) is 2. The van der Waals surface area contributed by atoms with Crippen LogP contribution in [0.15, 0.2) is 67.3 Å². The van der Waals surface area contributed by atoms with E-state index in [1.165, 1.54) is 11.0 Å². The van der Waals surface area contributed by atoms with Gasteiger partial charge in [0.2, 0.25) is 27.7 Å². The minimum atomic E-state index is -3.92. The van der Waals surface area contributed by atoms with Crippen LogP contribution in [0.2, 0.25) is 0 Å².